The van der Waals surface area contributed by atoms with E-state index < -0.39 is 28.0 Å². The summed E-state index contributed by atoms with van der Waals surface area (Å²) in [6, 6.07) is 12.5. The molecular formula is C22H25ClN2O5S. The summed E-state index contributed by atoms with van der Waals surface area (Å²) in [5.74, 6) is -0.828. The van der Waals surface area contributed by atoms with Crippen molar-refractivity contribution in [2.24, 2.45) is 0 Å². The number of nitrogens with one attached hydrogen (secondary N) is 1. The summed E-state index contributed by atoms with van der Waals surface area (Å²) in [5.41, 5.74) is 0.182. The van der Waals surface area contributed by atoms with Crippen molar-refractivity contribution in [3.05, 3.63) is 59.1 Å². The number of rotatable bonds is 7. The molecule has 1 aliphatic carbocycles. The lowest BCUT2D eigenvalue weighted by atomic mass is 9.78. The predicted molar refractivity (Wildman–Crippen MR) is 118 cm³/mol. The lowest BCUT2D eigenvalue weighted by molar-refractivity contribution is -0.132. The Hall–Kier alpha value is -2.42. The van der Waals surface area contributed by atoms with Crippen LogP contribution >= 0.6 is 11.6 Å². The molecule has 2 aromatic carbocycles. The summed E-state index contributed by atoms with van der Waals surface area (Å²) >= 11 is 6.00. The van der Waals surface area contributed by atoms with Gasteiger partial charge < -0.3 is 10.4 Å². The van der Waals surface area contributed by atoms with Crippen molar-refractivity contribution in [2.75, 3.05) is 18.5 Å². The summed E-state index contributed by atoms with van der Waals surface area (Å²) in [4.78, 5) is 24.8. The third kappa shape index (κ3) is 4.76. The van der Waals surface area contributed by atoms with Crippen LogP contribution in [0, 0.1) is 0 Å². The molecule has 0 bridgehead atoms. The van der Waals surface area contributed by atoms with E-state index >= 15 is 0 Å². The topological polar surface area (TPSA) is 104 Å². The van der Waals surface area contributed by atoms with Gasteiger partial charge in [-0.2, -0.15) is 0 Å². The highest BCUT2D eigenvalue weighted by atomic mass is 35.5. The molecule has 7 nitrogen and oxygen atoms in total. The van der Waals surface area contributed by atoms with E-state index in [1.54, 1.807) is 24.3 Å². The fourth-order valence-electron chi connectivity index (χ4n) is 4.07. The zero-order valence-corrected chi connectivity index (χ0v) is 18.7. The van der Waals surface area contributed by atoms with Crippen molar-refractivity contribution in [1.29, 1.82) is 0 Å². The van der Waals surface area contributed by atoms with E-state index in [2.05, 4.69) is 5.32 Å². The second-order valence-electron chi connectivity index (χ2n) is 7.61. The van der Waals surface area contributed by atoms with Gasteiger partial charge in [0.05, 0.1) is 23.5 Å². The van der Waals surface area contributed by atoms with Crippen molar-refractivity contribution < 1.29 is 23.1 Å². The number of hydrogen-bond donors (Lipinski definition) is 2. The first-order valence-electron chi connectivity index (χ1n) is 10.0. The van der Waals surface area contributed by atoms with Crippen molar-refractivity contribution in [3.8, 4) is 0 Å². The Morgan fingerprint density at radius 3 is 2.16 bits per heavy atom. The fourth-order valence-corrected chi connectivity index (χ4v) is 5.65. The summed E-state index contributed by atoms with van der Waals surface area (Å²) < 4.78 is 27.5. The van der Waals surface area contributed by atoms with Gasteiger partial charge >= 0.3 is 0 Å². The number of carbonyl (C=O) groups excluding carboxylic acids is 2. The maximum Gasteiger partial charge on any atom is 0.266 e. The molecule has 0 radical (unpaired) electrons. The van der Waals surface area contributed by atoms with Crippen molar-refractivity contribution in [1.82, 2.24) is 4.31 Å². The van der Waals surface area contributed by atoms with E-state index in [4.69, 9.17) is 11.6 Å². The second-order valence-corrected chi connectivity index (χ2v) is 9.91. The predicted octanol–water partition coefficient (Wildman–Crippen LogP) is 3.32. The third-order valence-corrected chi connectivity index (χ3v) is 7.60. The highest BCUT2D eigenvalue weighted by molar-refractivity contribution is 7.89. The maximum atomic E-state index is 13.7. The zero-order valence-electron chi connectivity index (χ0n) is 17.2. The summed E-state index contributed by atoms with van der Waals surface area (Å²) in [6.45, 7) is 0.514. The average molecular weight is 465 g/mol. The Morgan fingerprint density at radius 1 is 1.06 bits per heavy atom. The average Bonchev–Trinajstić information content (AvgIpc) is 3.23. The minimum Gasteiger partial charge on any atom is -0.394 e. The number of halogens is 1. The summed E-state index contributed by atoms with van der Waals surface area (Å²) in [6.07, 6.45) is 2.64. The number of amides is 2. The number of benzene rings is 2. The largest absolute Gasteiger partial charge is 0.394 e. The SMILES string of the molecule is CC(=O)Nc1ccc(S(=O)(=O)N(CCO)C(=O)C2(c3ccc(Cl)cc3)CCCC2)cc1. The van der Waals surface area contributed by atoms with Gasteiger partial charge in [-0.15, -0.1) is 0 Å². The molecule has 0 unspecified atom stereocenters. The number of anilines is 1. The highest BCUT2D eigenvalue weighted by Gasteiger charge is 2.47. The van der Waals surface area contributed by atoms with Crippen molar-refractivity contribution in [3.63, 3.8) is 0 Å². The van der Waals surface area contributed by atoms with Gasteiger partial charge in [-0.05, 0) is 54.8 Å². The quantitative estimate of drug-likeness (QED) is 0.654. The normalized spacial score (nSPS) is 15.5. The third-order valence-electron chi connectivity index (χ3n) is 5.56. The van der Waals surface area contributed by atoms with E-state index in [0.717, 1.165) is 22.7 Å². The lowest BCUT2D eigenvalue weighted by Gasteiger charge is -2.34. The van der Waals surface area contributed by atoms with Crippen LogP contribution in [0.25, 0.3) is 0 Å². The molecule has 0 spiro atoms. The van der Waals surface area contributed by atoms with E-state index in [1.807, 2.05) is 0 Å². The van der Waals surface area contributed by atoms with Crippen LogP contribution in [-0.4, -0.2) is 42.8 Å². The van der Waals surface area contributed by atoms with E-state index in [-0.39, 0.29) is 17.3 Å². The molecule has 1 aliphatic rings. The van der Waals surface area contributed by atoms with Gasteiger partial charge in [0.15, 0.2) is 0 Å². The van der Waals surface area contributed by atoms with Crippen LogP contribution in [0.2, 0.25) is 5.02 Å². The second kappa shape index (κ2) is 9.38. The van der Waals surface area contributed by atoms with Crippen LogP contribution in [0.1, 0.15) is 38.2 Å². The van der Waals surface area contributed by atoms with Crippen LogP contribution in [-0.2, 0) is 25.0 Å². The molecular weight excluding hydrogens is 440 g/mol. The van der Waals surface area contributed by atoms with Gasteiger partial charge in [-0.3, -0.25) is 9.59 Å². The number of aliphatic hydroxyl groups is 1. The maximum absolute atomic E-state index is 13.7. The molecule has 0 saturated heterocycles. The number of sulfonamides is 1. The summed E-state index contributed by atoms with van der Waals surface area (Å²) in [7, 11) is -4.21. The molecule has 2 amide bonds. The molecule has 3 rings (SSSR count). The Balaban J connectivity index is 2.00. The van der Waals surface area contributed by atoms with Crippen LogP contribution in [0.4, 0.5) is 5.69 Å². The number of hydrogen-bond acceptors (Lipinski definition) is 5. The molecule has 0 heterocycles. The Bertz CT molecular complexity index is 1050. The highest BCUT2D eigenvalue weighted by Crippen LogP contribution is 2.43. The monoisotopic (exact) mass is 464 g/mol. The first-order valence-corrected chi connectivity index (χ1v) is 11.8. The Labute approximate surface area is 187 Å². The van der Waals surface area contributed by atoms with Gasteiger partial charge in [0.2, 0.25) is 11.8 Å². The van der Waals surface area contributed by atoms with Crippen LogP contribution in [0.15, 0.2) is 53.4 Å². The Kier molecular flexibility index (Phi) is 7.03. The Morgan fingerprint density at radius 2 is 1.65 bits per heavy atom. The molecule has 31 heavy (non-hydrogen) atoms. The molecule has 0 aromatic heterocycles. The minimum atomic E-state index is -4.21. The molecule has 9 heteroatoms. The van der Waals surface area contributed by atoms with Gasteiger partial charge in [0, 0.05) is 17.6 Å². The van der Waals surface area contributed by atoms with E-state index in [1.165, 1.54) is 31.2 Å². The van der Waals surface area contributed by atoms with Crippen LogP contribution in [0.5, 0.6) is 0 Å². The summed E-state index contributed by atoms with van der Waals surface area (Å²) in [5, 5.41) is 12.7. The number of aliphatic hydroxyl groups excluding tert-OH is 1. The molecule has 0 aliphatic heterocycles. The van der Waals surface area contributed by atoms with Crippen LogP contribution in [0.3, 0.4) is 0 Å². The molecule has 0 atom stereocenters. The molecule has 1 fully saturated rings. The molecule has 2 N–H and O–H groups in total. The molecule has 1 saturated carbocycles. The fraction of sp³-hybridized carbons (Fsp3) is 0.364. The van der Waals surface area contributed by atoms with E-state index in [9.17, 15) is 23.1 Å². The van der Waals surface area contributed by atoms with Gasteiger partial charge in [0.1, 0.15) is 0 Å². The lowest BCUT2D eigenvalue weighted by Crippen LogP contribution is -2.49. The zero-order chi connectivity index (χ0) is 22.6. The standard InChI is InChI=1S/C22H25ClN2O5S/c1-16(27)24-19-8-10-20(11-9-19)31(29,30)25(14-15-26)21(28)22(12-2-3-13-22)17-4-6-18(23)7-5-17/h4-11,26H,2-3,12-15H2,1H3,(H,24,27). The van der Waals surface area contributed by atoms with Crippen molar-refractivity contribution >= 4 is 39.1 Å². The minimum absolute atomic E-state index is 0.0901. The molecule has 2 aromatic rings. The smallest absolute Gasteiger partial charge is 0.266 e. The van der Waals surface area contributed by atoms with Gasteiger partial charge in [-0.25, -0.2) is 12.7 Å². The van der Waals surface area contributed by atoms with Gasteiger partial charge in [0.25, 0.3) is 10.0 Å². The first kappa shape index (κ1) is 23.2. The molecule has 166 valence electrons. The van der Waals surface area contributed by atoms with Crippen LogP contribution < -0.4 is 5.32 Å². The number of nitrogens with zero attached hydrogens (tertiary/aromatic N) is 1. The number of carbonyl (C=O) groups is 2. The van der Waals surface area contributed by atoms with Crippen molar-refractivity contribution in [2.45, 2.75) is 42.9 Å². The van der Waals surface area contributed by atoms with Gasteiger partial charge in [-0.1, -0.05) is 36.6 Å². The van der Waals surface area contributed by atoms with E-state index in [0.29, 0.717) is 23.6 Å². The first-order chi connectivity index (χ1) is 14.7.